The Balaban J connectivity index is 0.00000182. The second-order valence-corrected chi connectivity index (χ2v) is 6.55. The molecule has 0 saturated carbocycles. The molecule has 0 amide bonds. The molecular weight excluding hydrogens is 429 g/mol. The summed E-state index contributed by atoms with van der Waals surface area (Å²) < 4.78 is 8.07. The maximum atomic E-state index is 5.92. The van der Waals surface area contributed by atoms with Crippen molar-refractivity contribution in [3.63, 3.8) is 0 Å². The molecule has 6 nitrogen and oxygen atoms in total. The number of rotatable bonds is 5. The van der Waals surface area contributed by atoms with Gasteiger partial charge in [-0.15, -0.1) is 24.0 Å². The lowest BCUT2D eigenvalue weighted by molar-refractivity contribution is 0.0992. The van der Waals surface area contributed by atoms with Gasteiger partial charge in [0.25, 0.3) is 0 Å². The van der Waals surface area contributed by atoms with Gasteiger partial charge in [-0.2, -0.15) is 0 Å². The number of ether oxygens (including phenoxy) is 1. The molecule has 2 N–H and O–H groups in total. The summed E-state index contributed by atoms with van der Waals surface area (Å²) in [6, 6.07) is 8.60. The number of hydrogen-bond donors (Lipinski definition) is 2. The second kappa shape index (κ2) is 8.35. The predicted octanol–water partition coefficient (Wildman–Crippen LogP) is 2.53. The third kappa shape index (κ3) is 4.08. The first-order valence-corrected chi connectivity index (χ1v) is 8.93. The van der Waals surface area contributed by atoms with Crippen molar-refractivity contribution < 1.29 is 4.74 Å². The fraction of sp³-hybridized carbons (Fsp3) is 0.556. The Morgan fingerprint density at radius 1 is 1.36 bits per heavy atom. The number of imidazole rings is 1. The van der Waals surface area contributed by atoms with Gasteiger partial charge in [0.05, 0.1) is 42.2 Å². The molecule has 3 heterocycles. The van der Waals surface area contributed by atoms with Gasteiger partial charge < -0.3 is 19.9 Å². The van der Waals surface area contributed by atoms with E-state index in [-0.39, 0.29) is 24.0 Å². The van der Waals surface area contributed by atoms with Crippen molar-refractivity contribution in [2.45, 2.75) is 51.0 Å². The maximum Gasteiger partial charge on any atom is 0.191 e. The number of hydrogen-bond acceptors (Lipinski definition) is 3. The van der Waals surface area contributed by atoms with Crippen molar-refractivity contribution in [3.8, 4) is 0 Å². The monoisotopic (exact) mass is 455 g/mol. The normalized spacial score (nSPS) is 25.2. The van der Waals surface area contributed by atoms with Crippen molar-refractivity contribution in [1.82, 2.24) is 20.2 Å². The van der Waals surface area contributed by atoms with E-state index in [1.807, 2.05) is 24.5 Å². The highest BCUT2D eigenvalue weighted by Gasteiger charge is 2.41. The van der Waals surface area contributed by atoms with E-state index in [2.05, 4.69) is 33.2 Å². The standard InChI is InChI=1S/C18H25N5O.HI/c1-2-19-18(22-15-11-13-7-8-17(15)24-13)20-9-10-23-12-21-14-5-3-4-6-16(14)23;/h3-6,12-13,15,17H,2,7-11H2,1H3,(H2,19,20,22);1H. The van der Waals surface area contributed by atoms with Crippen molar-refractivity contribution >= 4 is 41.0 Å². The van der Waals surface area contributed by atoms with E-state index >= 15 is 0 Å². The smallest absolute Gasteiger partial charge is 0.191 e. The molecule has 7 heteroatoms. The van der Waals surface area contributed by atoms with Gasteiger partial charge in [0, 0.05) is 13.1 Å². The molecule has 0 radical (unpaired) electrons. The number of benzene rings is 1. The van der Waals surface area contributed by atoms with Crippen molar-refractivity contribution in [2.75, 3.05) is 13.1 Å². The Labute approximate surface area is 165 Å². The lowest BCUT2D eigenvalue weighted by atomic mass is 9.96. The van der Waals surface area contributed by atoms with E-state index in [0.29, 0.717) is 18.2 Å². The Kier molecular flexibility index (Phi) is 6.16. The van der Waals surface area contributed by atoms with E-state index in [1.54, 1.807) is 0 Å². The van der Waals surface area contributed by atoms with Crippen LogP contribution in [0.4, 0.5) is 0 Å². The topological polar surface area (TPSA) is 63.5 Å². The number of nitrogens with one attached hydrogen (secondary N) is 2. The highest BCUT2D eigenvalue weighted by atomic mass is 127. The number of guanidine groups is 1. The zero-order valence-corrected chi connectivity index (χ0v) is 16.8. The molecule has 2 aliphatic rings. The summed E-state index contributed by atoms with van der Waals surface area (Å²) in [5.74, 6) is 0.892. The molecule has 0 spiro atoms. The van der Waals surface area contributed by atoms with E-state index in [1.165, 1.54) is 12.8 Å². The summed E-state index contributed by atoms with van der Waals surface area (Å²) in [5.41, 5.74) is 2.19. The van der Waals surface area contributed by atoms with Crippen LogP contribution in [0.5, 0.6) is 0 Å². The van der Waals surface area contributed by atoms with Gasteiger partial charge >= 0.3 is 0 Å². The molecule has 3 atom stereocenters. The first kappa shape index (κ1) is 18.4. The average Bonchev–Trinajstić information content (AvgIpc) is 3.31. The van der Waals surface area contributed by atoms with E-state index in [4.69, 9.17) is 9.73 Å². The van der Waals surface area contributed by atoms with Crippen LogP contribution in [0.1, 0.15) is 26.2 Å². The number of para-hydroxylation sites is 2. The van der Waals surface area contributed by atoms with Crippen LogP contribution in [0.25, 0.3) is 11.0 Å². The summed E-state index contributed by atoms with van der Waals surface area (Å²) in [5, 5.41) is 6.90. The Morgan fingerprint density at radius 3 is 3.00 bits per heavy atom. The van der Waals surface area contributed by atoms with E-state index in [9.17, 15) is 0 Å². The molecule has 136 valence electrons. The van der Waals surface area contributed by atoms with Crippen LogP contribution in [-0.2, 0) is 11.3 Å². The van der Waals surface area contributed by atoms with Crippen LogP contribution in [0.2, 0.25) is 0 Å². The van der Waals surface area contributed by atoms with Gasteiger partial charge in [0.15, 0.2) is 5.96 Å². The van der Waals surface area contributed by atoms with Crippen molar-refractivity contribution in [1.29, 1.82) is 0 Å². The minimum Gasteiger partial charge on any atom is -0.373 e. The lowest BCUT2D eigenvalue weighted by Crippen LogP contribution is -2.47. The molecule has 1 aromatic heterocycles. The van der Waals surface area contributed by atoms with Gasteiger partial charge in [-0.25, -0.2) is 4.98 Å². The average molecular weight is 455 g/mol. The van der Waals surface area contributed by atoms with Gasteiger partial charge in [-0.3, -0.25) is 4.99 Å². The Bertz CT molecular complexity index is 731. The maximum absolute atomic E-state index is 5.92. The highest BCUT2D eigenvalue weighted by Crippen LogP contribution is 2.34. The van der Waals surface area contributed by atoms with Crippen LogP contribution in [0, 0.1) is 0 Å². The fourth-order valence-corrected chi connectivity index (χ4v) is 3.74. The molecule has 2 bridgehead atoms. The number of fused-ring (bicyclic) bond motifs is 3. The minimum atomic E-state index is 0. The number of nitrogens with zero attached hydrogens (tertiary/aromatic N) is 3. The second-order valence-electron chi connectivity index (χ2n) is 6.55. The number of aliphatic imine (C=N–C) groups is 1. The van der Waals surface area contributed by atoms with Gasteiger partial charge in [0.2, 0.25) is 0 Å². The summed E-state index contributed by atoms with van der Waals surface area (Å²) in [4.78, 5) is 9.16. The molecule has 25 heavy (non-hydrogen) atoms. The molecule has 2 aromatic rings. The molecular formula is C18H26IN5O. The Morgan fingerprint density at radius 2 is 2.24 bits per heavy atom. The largest absolute Gasteiger partial charge is 0.373 e. The van der Waals surface area contributed by atoms with Crippen molar-refractivity contribution in [2.24, 2.45) is 4.99 Å². The molecule has 2 fully saturated rings. The van der Waals surface area contributed by atoms with Crippen LogP contribution < -0.4 is 10.6 Å². The quantitative estimate of drug-likeness (QED) is 0.413. The third-order valence-electron chi connectivity index (χ3n) is 4.91. The van der Waals surface area contributed by atoms with Gasteiger partial charge in [0.1, 0.15) is 0 Å². The number of halogens is 1. The van der Waals surface area contributed by atoms with Crippen LogP contribution >= 0.6 is 24.0 Å². The summed E-state index contributed by atoms with van der Waals surface area (Å²) in [6.45, 7) is 4.50. The minimum absolute atomic E-state index is 0. The molecule has 3 unspecified atom stereocenters. The summed E-state index contributed by atoms with van der Waals surface area (Å²) in [7, 11) is 0. The van der Waals surface area contributed by atoms with Gasteiger partial charge in [-0.1, -0.05) is 12.1 Å². The van der Waals surface area contributed by atoms with Crippen molar-refractivity contribution in [3.05, 3.63) is 30.6 Å². The third-order valence-corrected chi connectivity index (χ3v) is 4.91. The van der Waals surface area contributed by atoms with Crippen LogP contribution in [0.15, 0.2) is 35.6 Å². The zero-order valence-electron chi connectivity index (χ0n) is 14.5. The molecule has 1 aromatic carbocycles. The SMILES string of the molecule is CCNC(=NCCn1cnc2ccccc21)NC1CC2CCC1O2.I. The van der Waals surface area contributed by atoms with Gasteiger partial charge in [-0.05, 0) is 38.3 Å². The first-order valence-electron chi connectivity index (χ1n) is 8.93. The lowest BCUT2D eigenvalue weighted by Gasteiger charge is -2.22. The van der Waals surface area contributed by atoms with Crippen LogP contribution in [-0.4, -0.2) is 46.8 Å². The zero-order chi connectivity index (χ0) is 16.4. The molecule has 0 aliphatic carbocycles. The van der Waals surface area contributed by atoms with E-state index < -0.39 is 0 Å². The first-order chi connectivity index (χ1) is 11.8. The van der Waals surface area contributed by atoms with E-state index in [0.717, 1.165) is 43.0 Å². The predicted molar refractivity (Wildman–Crippen MR) is 111 cm³/mol. The molecule has 2 aliphatic heterocycles. The molecule has 4 rings (SSSR count). The Hall–Kier alpha value is -1.35. The highest BCUT2D eigenvalue weighted by molar-refractivity contribution is 14.0. The summed E-state index contributed by atoms with van der Waals surface area (Å²) >= 11 is 0. The molecule has 2 saturated heterocycles. The number of aromatic nitrogens is 2. The fourth-order valence-electron chi connectivity index (χ4n) is 3.74. The summed E-state index contributed by atoms with van der Waals surface area (Å²) in [6.07, 6.45) is 6.18. The van der Waals surface area contributed by atoms with Crippen LogP contribution in [0.3, 0.4) is 0 Å².